The van der Waals surface area contributed by atoms with Gasteiger partial charge in [0.25, 0.3) is 0 Å². The van der Waals surface area contributed by atoms with Crippen molar-refractivity contribution in [1.29, 1.82) is 0 Å². The molecule has 0 amide bonds. The molecule has 0 saturated carbocycles. The molecular formula is C12H26N2O. The molecule has 1 rings (SSSR count). The summed E-state index contributed by atoms with van der Waals surface area (Å²) in [6.45, 7) is 7.95. The van der Waals surface area contributed by atoms with Crippen molar-refractivity contribution in [2.75, 3.05) is 39.9 Å². The van der Waals surface area contributed by atoms with E-state index < -0.39 is 0 Å². The van der Waals surface area contributed by atoms with Crippen molar-refractivity contribution < 1.29 is 4.74 Å². The van der Waals surface area contributed by atoms with Gasteiger partial charge in [0.2, 0.25) is 0 Å². The molecule has 1 aliphatic rings. The number of hydrogen-bond donors (Lipinski definition) is 1. The van der Waals surface area contributed by atoms with E-state index in [9.17, 15) is 0 Å². The third-order valence-corrected chi connectivity index (χ3v) is 3.09. The monoisotopic (exact) mass is 214 g/mol. The molecular weight excluding hydrogens is 188 g/mol. The Morgan fingerprint density at radius 1 is 1.40 bits per heavy atom. The Morgan fingerprint density at radius 2 is 2.27 bits per heavy atom. The molecule has 3 nitrogen and oxygen atoms in total. The number of nitrogens with zero attached hydrogens (tertiary/aromatic N) is 1. The zero-order valence-corrected chi connectivity index (χ0v) is 10.3. The first-order chi connectivity index (χ1) is 7.38. The summed E-state index contributed by atoms with van der Waals surface area (Å²) in [4.78, 5) is 2.63. The van der Waals surface area contributed by atoms with E-state index in [4.69, 9.17) is 4.74 Å². The van der Waals surface area contributed by atoms with E-state index in [1.54, 1.807) is 7.11 Å². The minimum atomic E-state index is 0.760. The van der Waals surface area contributed by atoms with Crippen LogP contribution in [0.15, 0.2) is 0 Å². The van der Waals surface area contributed by atoms with Gasteiger partial charge >= 0.3 is 0 Å². The summed E-state index contributed by atoms with van der Waals surface area (Å²) < 4.78 is 5.12. The average Bonchev–Trinajstić information content (AvgIpc) is 2.29. The molecule has 90 valence electrons. The number of rotatable bonds is 7. The van der Waals surface area contributed by atoms with Crippen LogP contribution < -0.4 is 5.32 Å². The highest BCUT2D eigenvalue weighted by molar-refractivity contribution is 4.78. The minimum absolute atomic E-state index is 0.760. The van der Waals surface area contributed by atoms with Gasteiger partial charge in [0.1, 0.15) is 0 Å². The maximum Gasteiger partial charge on any atom is 0.0474 e. The van der Waals surface area contributed by atoms with Crippen LogP contribution >= 0.6 is 0 Å². The van der Waals surface area contributed by atoms with Crippen molar-refractivity contribution in [3.8, 4) is 0 Å². The van der Waals surface area contributed by atoms with Crippen molar-refractivity contribution in [3.05, 3.63) is 0 Å². The third-order valence-electron chi connectivity index (χ3n) is 3.09. The summed E-state index contributed by atoms with van der Waals surface area (Å²) in [6, 6.07) is 0.760. The molecule has 15 heavy (non-hydrogen) atoms. The van der Waals surface area contributed by atoms with Gasteiger partial charge in [-0.1, -0.05) is 6.92 Å². The van der Waals surface area contributed by atoms with Gasteiger partial charge in [-0.15, -0.1) is 0 Å². The quantitative estimate of drug-likeness (QED) is 0.650. The highest BCUT2D eigenvalue weighted by Gasteiger charge is 2.19. The van der Waals surface area contributed by atoms with Gasteiger partial charge in [-0.2, -0.15) is 0 Å². The summed E-state index contributed by atoms with van der Waals surface area (Å²) in [5.74, 6) is 0. The smallest absolute Gasteiger partial charge is 0.0474 e. The van der Waals surface area contributed by atoms with Gasteiger partial charge in [-0.3, -0.25) is 4.90 Å². The van der Waals surface area contributed by atoms with Gasteiger partial charge in [0.15, 0.2) is 0 Å². The van der Waals surface area contributed by atoms with Crippen LogP contribution in [0.5, 0.6) is 0 Å². The van der Waals surface area contributed by atoms with E-state index in [-0.39, 0.29) is 0 Å². The second-order valence-electron chi connectivity index (χ2n) is 4.38. The van der Waals surface area contributed by atoms with Crippen molar-refractivity contribution in [1.82, 2.24) is 10.2 Å². The number of methoxy groups -OCH3 is 1. The molecule has 1 atom stereocenters. The summed E-state index contributed by atoms with van der Waals surface area (Å²) in [6.07, 6.45) is 5.10. The zero-order chi connectivity index (χ0) is 10.9. The molecule has 0 spiro atoms. The number of piperidine rings is 1. The Hall–Kier alpha value is -0.120. The number of hydrogen-bond acceptors (Lipinski definition) is 3. The molecule has 1 N–H and O–H groups in total. The topological polar surface area (TPSA) is 24.5 Å². The maximum absolute atomic E-state index is 5.12. The average molecular weight is 214 g/mol. The summed E-state index contributed by atoms with van der Waals surface area (Å²) in [5, 5.41) is 3.49. The van der Waals surface area contributed by atoms with Gasteiger partial charge < -0.3 is 10.1 Å². The lowest BCUT2D eigenvalue weighted by Gasteiger charge is -2.34. The molecule has 1 unspecified atom stereocenters. The molecule has 1 heterocycles. The van der Waals surface area contributed by atoms with Crippen LogP contribution in [0.25, 0.3) is 0 Å². The molecule has 0 aromatic rings. The van der Waals surface area contributed by atoms with Crippen LogP contribution in [0.1, 0.15) is 32.6 Å². The van der Waals surface area contributed by atoms with Crippen molar-refractivity contribution in [2.24, 2.45) is 0 Å². The van der Waals surface area contributed by atoms with Crippen LogP contribution in [0.2, 0.25) is 0 Å². The maximum atomic E-state index is 5.12. The van der Waals surface area contributed by atoms with Crippen LogP contribution in [0, 0.1) is 0 Å². The molecule has 0 aromatic carbocycles. The summed E-state index contributed by atoms with van der Waals surface area (Å²) in [5.41, 5.74) is 0. The highest BCUT2D eigenvalue weighted by Crippen LogP contribution is 2.11. The highest BCUT2D eigenvalue weighted by atomic mass is 16.5. The van der Waals surface area contributed by atoms with Crippen molar-refractivity contribution >= 4 is 0 Å². The van der Waals surface area contributed by atoms with Gasteiger partial charge in [0.05, 0.1) is 0 Å². The summed E-state index contributed by atoms with van der Waals surface area (Å²) >= 11 is 0. The van der Waals surface area contributed by atoms with Crippen LogP contribution in [-0.2, 0) is 4.74 Å². The number of ether oxygens (including phenoxy) is 1. The predicted octanol–water partition coefficient (Wildman–Crippen LogP) is 1.49. The van der Waals surface area contributed by atoms with Crippen LogP contribution in [0.4, 0.5) is 0 Å². The largest absolute Gasteiger partial charge is 0.385 e. The van der Waals surface area contributed by atoms with E-state index in [1.165, 1.54) is 45.4 Å². The second-order valence-corrected chi connectivity index (χ2v) is 4.38. The van der Waals surface area contributed by atoms with E-state index in [2.05, 4.69) is 17.1 Å². The standard InChI is InChI=1S/C12H26N2O/c1-3-8-14(9-5-10-15-2)12-6-4-7-13-11-12/h12-13H,3-11H2,1-2H3. The fraction of sp³-hybridized carbons (Fsp3) is 1.00. The predicted molar refractivity (Wildman–Crippen MR) is 64.2 cm³/mol. The lowest BCUT2D eigenvalue weighted by Crippen LogP contribution is -2.46. The fourth-order valence-electron chi connectivity index (χ4n) is 2.32. The fourth-order valence-corrected chi connectivity index (χ4v) is 2.32. The second kappa shape index (κ2) is 8.08. The Balaban J connectivity index is 2.26. The van der Waals surface area contributed by atoms with Gasteiger partial charge in [-0.25, -0.2) is 0 Å². The van der Waals surface area contributed by atoms with Crippen molar-refractivity contribution in [3.63, 3.8) is 0 Å². The molecule has 0 aliphatic carbocycles. The molecule has 1 saturated heterocycles. The van der Waals surface area contributed by atoms with Crippen LogP contribution in [0.3, 0.4) is 0 Å². The van der Waals surface area contributed by atoms with Crippen LogP contribution in [-0.4, -0.2) is 50.8 Å². The molecule has 1 aliphatic heterocycles. The molecule has 1 fully saturated rings. The molecule has 0 radical (unpaired) electrons. The first kappa shape index (κ1) is 12.9. The van der Waals surface area contributed by atoms with Crippen molar-refractivity contribution in [2.45, 2.75) is 38.6 Å². The minimum Gasteiger partial charge on any atom is -0.385 e. The molecule has 0 aromatic heterocycles. The Kier molecular flexibility index (Phi) is 6.98. The number of nitrogens with one attached hydrogen (secondary N) is 1. The molecule has 0 bridgehead atoms. The zero-order valence-electron chi connectivity index (χ0n) is 10.3. The lowest BCUT2D eigenvalue weighted by molar-refractivity contribution is 0.134. The van der Waals surface area contributed by atoms with Gasteiger partial charge in [0, 0.05) is 32.8 Å². The Bertz CT molecular complexity index is 147. The Labute approximate surface area is 94.2 Å². The SMILES string of the molecule is CCCN(CCCOC)C1CCCNC1. The van der Waals surface area contributed by atoms with E-state index in [0.717, 1.165) is 19.1 Å². The first-order valence-electron chi connectivity index (χ1n) is 6.32. The van der Waals surface area contributed by atoms with E-state index in [1.807, 2.05) is 0 Å². The molecule has 3 heteroatoms. The normalized spacial score (nSPS) is 22.2. The van der Waals surface area contributed by atoms with E-state index >= 15 is 0 Å². The first-order valence-corrected chi connectivity index (χ1v) is 6.32. The lowest BCUT2D eigenvalue weighted by atomic mass is 10.1. The van der Waals surface area contributed by atoms with Gasteiger partial charge in [-0.05, 0) is 38.8 Å². The summed E-state index contributed by atoms with van der Waals surface area (Å²) in [7, 11) is 1.78. The Morgan fingerprint density at radius 3 is 2.87 bits per heavy atom. The third kappa shape index (κ3) is 4.96. The van der Waals surface area contributed by atoms with E-state index in [0.29, 0.717) is 0 Å².